The molecule has 8 rings (SSSR count). The SMILES string of the molecule is COc1cc(C)cc2c1C(=O)c1c(ccc3c1O[C@@]14O[C@@H](C)[C@@]5(O)[C@@]31C(=C(O)c1c(O)cccc14)C(=O)C[C@@]5(C)O)C2=O. The van der Waals surface area contributed by atoms with E-state index in [2.05, 4.69) is 0 Å². The predicted molar refractivity (Wildman–Crippen MR) is 148 cm³/mol. The summed E-state index contributed by atoms with van der Waals surface area (Å²) in [5.41, 5.74) is -5.97. The molecule has 5 atom stereocenters. The standard InChI is InChI=1S/C33H26O10/c1-13-10-16-22(21(11-13)41-4)27(37)23-15(26(16)36)8-9-18-29(23)43-33-17-6-5-7-19(34)24(17)28(38)25-20(35)12-30(3,39)32(40,14(2)42-33)31(18,25)33/h5-11,14,34,38-40H,12H2,1-4H3/t14-,30+,31-,32-,33+/m0/s1. The molecule has 2 aliphatic heterocycles. The molecule has 1 saturated heterocycles. The van der Waals surface area contributed by atoms with Gasteiger partial charge in [0.15, 0.2) is 11.6 Å². The van der Waals surface area contributed by atoms with E-state index in [1.54, 1.807) is 19.1 Å². The molecule has 0 aromatic heterocycles. The van der Waals surface area contributed by atoms with Gasteiger partial charge in [0.2, 0.25) is 5.78 Å². The summed E-state index contributed by atoms with van der Waals surface area (Å²) in [6.45, 7) is 4.62. The molecule has 2 heterocycles. The molecule has 0 amide bonds. The van der Waals surface area contributed by atoms with Crippen molar-refractivity contribution in [3.63, 3.8) is 0 Å². The summed E-state index contributed by atoms with van der Waals surface area (Å²) in [5.74, 6) is -4.79. The van der Waals surface area contributed by atoms with Crippen molar-refractivity contribution in [1.82, 2.24) is 0 Å². The van der Waals surface area contributed by atoms with Gasteiger partial charge in [0.1, 0.15) is 39.6 Å². The average molecular weight is 583 g/mol. The highest BCUT2D eigenvalue weighted by molar-refractivity contribution is 6.30. The van der Waals surface area contributed by atoms with Crippen molar-refractivity contribution in [2.75, 3.05) is 7.11 Å². The summed E-state index contributed by atoms with van der Waals surface area (Å²) in [4.78, 5) is 42.2. The van der Waals surface area contributed by atoms with Crippen LogP contribution in [0.25, 0.3) is 5.76 Å². The zero-order valence-electron chi connectivity index (χ0n) is 23.6. The second kappa shape index (κ2) is 7.52. The molecule has 0 radical (unpaired) electrons. The van der Waals surface area contributed by atoms with Gasteiger partial charge in [0.25, 0.3) is 5.79 Å². The zero-order valence-corrected chi connectivity index (χ0v) is 23.6. The molecule has 3 aromatic carbocycles. The van der Waals surface area contributed by atoms with Crippen LogP contribution in [0.15, 0.2) is 48.0 Å². The fourth-order valence-corrected chi connectivity index (χ4v) is 8.50. The van der Waals surface area contributed by atoms with Crippen LogP contribution in [0.3, 0.4) is 0 Å². The number of aryl methyl sites for hydroxylation is 1. The van der Waals surface area contributed by atoms with Crippen LogP contribution in [0.4, 0.5) is 0 Å². The number of ether oxygens (including phenoxy) is 3. The number of aromatic hydroxyl groups is 1. The Morgan fingerprint density at radius 2 is 1.67 bits per heavy atom. The molecule has 218 valence electrons. The summed E-state index contributed by atoms with van der Waals surface area (Å²) in [6, 6.07) is 10.5. The van der Waals surface area contributed by atoms with Gasteiger partial charge in [-0.25, -0.2) is 0 Å². The highest BCUT2D eigenvalue weighted by Gasteiger charge is 2.88. The van der Waals surface area contributed by atoms with Crippen LogP contribution >= 0.6 is 0 Å². The maximum Gasteiger partial charge on any atom is 0.255 e. The van der Waals surface area contributed by atoms with Crippen molar-refractivity contribution in [3.05, 3.63) is 92.5 Å². The first-order valence-electron chi connectivity index (χ1n) is 13.8. The minimum atomic E-state index is -2.30. The van der Waals surface area contributed by atoms with Gasteiger partial charge in [-0.05, 0) is 50.6 Å². The van der Waals surface area contributed by atoms with Crippen molar-refractivity contribution in [2.45, 2.75) is 55.7 Å². The molecular weight excluding hydrogens is 556 g/mol. The van der Waals surface area contributed by atoms with Crippen molar-refractivity contribution >= 4 is 23.1 Å². The predicted octanol–water partition coefficient (Wildman–Crippen LogP) is 3.12. The van der Waals surface area contributed by atoms with Crippen molar-refractivity contribution < 1.29 is 49.0 Å². The van der Waals surface area contributed by atoms with E-state index >= 15 is 0 Å². The van der Waals surface area contributed by atoms with Crippen LogP contribution in [0.5, 0.6) is 17.2 Å². The molecule has 0 unspecified atom stereocenters. The van der Waals surface area contributed by atoms with E-state index < -0.39 is 58.0 Å². The van der Waals surface area contributed by atoms with Crippen LogP contribution in [0, 0.1) is 6.92 Å². The molecule has 10 heteroatoms. The second-order valence-electron chi connectivity index (χ2n) is 12.2. The number of hydrogen-bond acceptors (Lipinski definition) is 10. The maximum atomic E-state index is 14.3. The van der Waals surface area contributed by atoms with Gasteiger partial charge in [-0.2, -0.15) is 0 Å². The Balaban J connectivity index is 1.54. The number of aliphatic hydroxyl groups excluding tert-OH is 1. The van der Waals surface area contributed by atoms with E-state index in [-0.39, 0.29) is 61.8 Å². The lowest BCUT2D eigenvalue weighted by molar-refractivity contribution is -0.199. The first kappa shape index (κ1) is 26.1. The smallest absolute Gasteiger partial charge is 0.255 e. The first-order chi connectivity index (χ1) is 20.3. The van der Waals surface area contributed by atoms with Gasteiger partial charge < -0.3 is 34.6 Å². The number of fused-ring (bicyclic) bond motifs is 5. The van der Waals surface area contributed by atoms with E-state index in [9.17, 15) is 34.8 Å². The van der Waals surface area contributed by atoms with E-state index in [0.29, 0.717) is 5.56 Å². The van der Waals surface area contributed by atoms with E-state index in [4.69, 9.17) is 14.2 Å². The summed E-state index contributed by atoms with van der Waals surface area (Å²) in [5, 5.41) is 47.2. The largest absolute Gasteiger partial charge is 0.507 e. The third-order valence-corrected chi connectivity index (χ3v) is 10.1. The molecule has 3 aliphatic carbocycles. The molecule has 0 bridgehead atoms. The number of aliphatic hydroxyl groups is 3. The van der Waals surface area contributed by atoms with Gasteiger partial charge in [-0.3, -0.25) is 14.4 Å². The normalized spacial score (nSPS) is 32.8. The van der Waals surface area contributed by atoms with Gasteiger partial charge in [-0.15, -0.1) is 0 Å². The van der Waals surface area contributed by atoms with Crippen LogP contribution in [0.1, 0.15) is 74.4 Å². The third-order valence-electron chi connectivity index (χ3n) is 10.1. The van der Waals surface area contributed by atoms with Gasteiger partial charge in [-0.1, -0.05) is 18.2 Å². The summed E-state index contributed by atoms with van der Waals surface area (Å²) < 4.78 is 18.7. The number of rotatable bonds is 1. The summed E-state index contributed by atoms with van der Waals surface area (Å²) >= 11 is 0. The van der Waals surface area contributed by atoms with Crippen molar-refractivity contribution in [3.8, 4) is 17.2 Å². The molecular formula is C33H26O10. The van der Waals surface area contributed by atoms with E-state index in [0.717, 1.165) is 0 Å². The van der Waals surface area contributed by atoms with Gasteiger partial charge in [0, 0.05) is 28.7 Å². The van der Waals surface area contributed by atoms with Crippen molar-refractivity contribution in [2.24, 2.45) is 0 Å². The Kier molecular flexibility index (Phi) is 4.57. The lowest BCUT2D eigenvalue weighted by atomic mass is 9.46. The van der Waals surface area contributed by atoms with Crippen LogP contribution in [-0.2, 0) is 20.7 Å². The lowest BCUT2D eigenvalue weighted by Gasteiger charge is -2.56. The quantitative estimate of drug-likeness (QED) is 0.263. The van der Waals surface area contributed by atoms with Crippen LogP contribution < -0.4 is 9.47 Å². The summed E-state index contributed by atoms with van der Waals surface area (Å²) in [6.07, 6.45) is -1.75. The minimum Gasteiger partial charge on any atom is -0.507 e. The Morgan fingerprint density at radius 1 is 0.930 bits per heavy atom. The van der Waals surface area contributed by atoms with Gasteiger partial charge >= 0.3 is 0 Å². The Labute approximate surface area is 244 Å². The number of benzene rings is 3. The highest BCUT2D eigenvalue weighted by Crippen LogP contribution is 2.76. The fourth-order valence-electron chi connectivity index (χ4n) is 8.50. The summed E-state index contributed by atoms with van der Waals surface area (Å²) in [7, 11) is 1.39. The lowest BCUT2D eigenvalue weighted by Crippen LogP contribution is -2.74. The molecule has 1 spiro atoms. The Bertz CT molecular complexity index is 1950. The van der Waals surface area contributed by atoms with Crippen molar-refractivity contribution in [1.29, 1.82) is 0 Å². The van der Waals surface area contributed by atoms with E-state index in [1.165, 1.54) is 51.3 Å². The first-order valence-corrected chi connectivity index (χ1v) is 13.8. The number of ketones is 3. The van der Waals surface area contributed by atoms with Crippen LogP contribution in [0.2, 0.25) is 0 Å². The number of carbonyl (C=O) groups excluding carboxylic acids is 3. The molecule has 5 aliphatic rings. The Morgan fingerprint density at radius 3 is 2.40 bits per heavy atom. The van der Waals surface area contributed by atoms with E-state index in [1.807, 2.05) is 0 Å². The number of Topliss-reactive ketones (excluding diaryl/α,β-unsaturated/α-hetero) is 1. The number of carbonyl (C=O) groups is 3. The van der Waals surface area contributed by atoms with Crippen LogP contribution in [-0.4, -0.2) is 62.2 Å². The third kappa shape index (κ3) is 2.46. The number of hydrogen-bond donors (Lipinski definition) is 4. The number of phenols is 1. The molecule has 1 saturated carbocycles. The molecule has 43 heavy (non-hydrogen) atoms. The number of methoxy groups -OCH3 is 1. The second-order valence-corrected chi connectivity index (χ2v) is 12.2. The average Bonchev–Trinajstić information content (AvgIpc) is 3.35. The number of phenolic OH excluding ortho intramolecular Hbond substituents is 1. The maximum absolute atomic E-state index is 14.3. The molecule has 3 aromatic rings. The molecule has 2 fully saturated rings. The molecule has 4 N–H and O–H groups in total. The Hall–Kier alpha value is -4.51. The van der Waals surface area contributed by atoms with Gasteiger partial charge in [0.05, 0.1) is 35.5 Å². The zero-order chi connectivity index (χ0) is 30.6. The topological polar surface area (TPSA) is 160 Å². The highest BCUT2D eigenvalue weighted by atomic mass is 16.7. The monoisotopic (exact) mass is 582 g/mol. The fraction of sp³-hybridized carbons (Fsp3) is 0.303. The minimum absolute atomic E-state index is 0.0334. The molecule has 10 nitrogen and oxygen atoms in total.